The van der Waals surface area contributed by atoms with Crippen molar-refractivity contribution in [2.45, 2.75) is 6.42 Å². The lowest BCUT2D eigenvalue weighted by Crippen LogP contribution is -2.12. The van der Waals surface area contributed by atoms with Crippen molar-refractivity contribution in [3.05, 3.63) is 70.9 Å². The second-order valence-corrected chi connectivity index (χ2v) is 5.60. The smallest absolute Gasteiger partial charge is 0.267 e. The molecule has 2 aromatic rings. The van der Waals surface area contributed by atoms with E-state index in [2.05, 4.69) is 17.3 Å². The third kappa shape index (κ3) is 2.91. The van der Waals surface area contributed by atoms with Gasteiger partial charge in [-0.05, 0) is 36.8 Å². The first-order chi connectivity index (χ1) is 9.83. The lowest BCUT2D eigenvalue weighted by molar-refractivity contribution is 0.0945. The van der Waals surface area contributed by atoms with Gasteiger partial charge in [0.1, 0.15) is 0 Å². The van der Waals surface area contributed by atoms with Crippen LogP contribution in [0.15, 0.2) is 59.7 Å². The van der Waals surface area contributed by atoms with Gasteiger partial charge >= 0.3 is 0 Å². The third-order valence-electron chi connectivity index (χ3n) is 2.99. The molecule has 0 amide bonds. The predicted molar refractivity (Wildman–Crippen MR) is 82.6 cm³/mol. The Morgan fingerprint density at radius 3 is 2.80 bits per heavy atom. The molecule has 0 N–H and O–H groups in total. The number of rotatable bonds is 3. The average Bonchev–Trinajstić information content (AvgIpc) is 3.17. The van der Waals surface area contributed by atoms with Crippen molar-refractivity contribution in [3.63, 3.8) is 0 Å². The number of allylic oxidation sites excluding steroid dienone is 2. The van der Waals surface area contributed by atoms with E-state index in [-0.39, 0.29) is 5.91 Å². The van der Waals surface area contributed by atoms with Gasteiger partial charge in [-0.2, -0.15) is 5.10 Å². The van der Waals surface area contributed by atoms with Crippen LogP contribution in [0.1, 0.15) is 22.5 Å². The van der Waals surface area contributed by atoms with Crippen molar-refractivity contribution in [2.24, 2.45) is 0 Å². The van der Waals surface area contributed by atoms with Gasteiger partial charge in [0.05, 0.1) is 5.69 Å². The molecule has 2 heterocycles. The highest BCUT2D eigenvalue weighted by molar-refractivity contribution is 8.03. The van der Waals surface area contributed by atoms with Gasteiger partial charge in [-0.15, -0.1) is 11.8 Å². The van der Waals surface area contributed by atoms with Crippen molar-refractivity contribution in [1.29, 1.82) is 0 Å². The monoisotopic (exact) mass is 282 g/mol. The molecule has 100 valence electrons. The van der Waals surface area contributed by atoms with E-state index in [1.54, 1.807) is 18.3 Å². The van der Waals surface area contributed by atoms with Crippen LogP contribution < -0.4 is 0 Å². The second kappa shape index (κ2) is 5.92. The van der Waals surface area contributed by atoms with E-state index in [0.717, 1.165) is 17.9 Å². The molecular weight excluding hydrogens is 268 g/mol. The fourth-order valence-electron chi connectivity index (χ4n) is 1.97. The van der Waals surface area contributed by atoms with Crippen molar-refractivity contribution in [1.82, 2.24) is 9.78 Å². The summed E-state index contributed by atoms with van der Waals surface area (Å²) < 4.78 is 1.38. The van der Waals surface area contributed by atoms with Gasteiger partial charge in [0, 0.05) is 22.4 Å². The number of thioether (sulfide) groups is 1. The van der Waals surface area contributed by atoms with Crippen LogP contribution in [0.25, 0.3) is 6.08 Å². The fraction of sp³-hybridized carbons (Fsp3) is 0.125. The van der Waals surface area contributed by atoms with E-state index in [9.17, 15) is 4.79 Å². The van der Waals surface area contributed by atoms with Crippen LogP contribution in [0.4, 0.5) is 0 Å². The number of aromatic nitrogens is 2. The fourth-order valence-corrected chi connectivity index (χ4v) is 2.84. The summed E-state index contributed by atoms with van der Waals surface area (Å²) >= 11 is 1.84. The van der Waals surface area contributed by atoms with Gasteiger partial charge in [0.25, 0.3) is 5.91 Å². The van der Waals surface area contributed by atoms with Crippen LogP contribution in [0.3, 0.4) is 0 Å². The molecule has 1 aliphatic heterocycles. The van der Waals surface area contributed by atoms with Crippen LogP contribution in [-0.2, 0) is 0 Å². The Morgan fingerprint density at radius 1 is 1.20 bits per heavy atom. The largest absolute Gasteiger partial charge is 0.278 e. The highest BCUT2D eigenvalue weighted by atomic mass is 32.2. The maximum Gasteiger partial charge on any atom is 0.278 e. The first kappa shape index (κ1) is 12.9. The molecule has 0 saturated carbocycles. The SMILES string of the molecule is O=C(c1ccccc1)n1ccc(/C=C/C2=CCCS2)n1. The minimum atomic E-state index is -0.111. The zero-order valence-corrected chi connectivity index (χ0v) is 11.7. The first-order valence-corrected chi connectivity index (χ1v) is 7.48. The topological polar surface area (TPSA) is 34.9 Å². The molecule has 20 heavy (non-hydrogen) atoms. The Labute approximate surface area is 122 Å². The Balaban J connectivity index is 1.75. The molecule has 0 spiro atoms. The van der Waals surface area contributed by atoms with E-state index in [4.69, 9.17) is 0 Å². The molecule has 0 radical (unpaired) electrons. The van der Waals surface area contributed by atoms with Crippen molar-refractivity contribution >= 4 is 23.7 Å². The Kier molecular flexibility index (Phi) is 3.83. The molecular formula is C16H14N2OS. The summed E-state index contributed by atoms with van der Waals surface area (Å²) in [6, 6.07) is 11.0. The molecule has 1 aromatic carbocycles. The molecule has 0 unspecified atom stereocenters. The Hall–Kier alpha value is -2.07. The molecule has 0 bridgehead atoms. The summed E-state index contributed by atoms with van der Waals surface area (Å²) in [6.07, 6.45) is 9.04. The number of hydrogen-bond acceptors (Lipinski definition) is 3. The normalized spacial score (nSPS) is 14.7. The van der Waals surface area contributed by atoms with Crippen LogP contribution in [-0.4, -0.2) is 21.4 Å². The van der Waals surface area contributed by atoms with Crippen molar-refractivity contribution in [2.75, 3.05) is 5.75 Å². The minimum Gasteiger partial charge on any atom is -0.267 e. The summed E-state index contributed by atoms with van der Waals surface area (Å²) in [5, 5.41) is 4.29. The summed E-state index contributed by atoms with van der Waals surface area (Å²) in [6.45, 7) is 0. The molecule has 1 aliphatic rings. The van der Waals surface area contributed by atoms with Crippen molar-refractivity contribution < 1.29 is 4.79 Å². The lowest BCUT2D eigenvalue weighted by atomic mass is 10.2. The quantitative estimate of drug-likeness (QED) is 0.862. The van der Waals surface area contributed by atoms with E-state index in [0.29, 0.717) is 5.56 Å². The number of hydrogen-bond donors (Lipinski definition) is 0. The maximum atomic E-state index is 12.2. The summed E-state index contributed by atoms with van der Waals surface area (Å²) in [4.78, 5) is 13.5. The third-order valence-corrected chi connectivity index (χ3v) is 4.06. The molecule has 0 atom stereocenters. The zero-order chi connectivity index (χ0) is 13.8. The van der Waals surface area contributed by atoms with Gasteiger partial charge in [-0.1, -0.05) is 24.3 Å². The highest BCUT2D eigenvalue weighted by Gasteiger charge is 2.08. The molecule has 0 fully saturated rings. The summed E-state index contributed by atoms with van der Waals surface area (Å²) in [7, 11) is 0. The van der Waals surface area contributed by atoms with Crippen LogP contribution in [0, 0.1) is 0 Å². The first-order valence-electron chi connectivity index (χ1n) is 6.49. The highest BCUT2D eigenvalue weighted by Crippen LogP contribution is 2.26. The molecule has 3 nitrogen and oxygen atoms in total. The van der Waals surface area contributed by atoms with Gasteiger partial charge in [0.15, 0.2) is 0 Å². The number of benzene rings is 1. The van der Waals surface area contributed by atoms with E-state index in [1.807, 2.05) is 42.1 Å². The van der Waals surface area contributed by atoms with Crippen LogP contribution >= 0.6 is 11.8 Å². The molecule has 3 rings (SSSR count). The number of carbonyl (C=O) groups excluding carboxylic acids is 1. The Bertz CT molecular complexity index is 671. The van der Waals surface area contributed by atoms with Gasteiger partial charge in [-0.3, -0.25) is 4.79 Å². The maximum absolute atomic E-state index is 12.2. The standard InChI is InChI=1S/C16H14N2OS/c19-16(13-5-2-1-3-6-13)18-11-10-14(17-18)8-9-15-7-4-12-20-15/h1-3,5-11H,4,12H2/b9-8+. The molecule has 0 aliphatic carbocycles. The van der Waals surface area contributed by atoms with E-state index >= 15 is 0 Å². The van der Waals surface area contributed by atoms with E-state index < -0.39 is 0 Å². The summed E-state index contributed by atoms with van der Waals surface area (Å²) in [5.41, 5.74) is 1.43. The molecule has 0 saturated heterocycles. The average molecular weight is 282 g/mol. The Morgan fingerprint density at radius 2 is 2.05 bits per heavy atom. The molecule has 1 aromatic heterocycles. The number of carbonyl (C=O) groups is 1. The molecule has 4 heteroatoms. The number of nitrogens with zero attached hydrogens (tertiary/aromatic N) is 2. The second-order valence-electron chi connectivity index (χ2n) is 4.43. The van der Waals surface area contributed by atoms with Gasteiger partial charge < -0.3 is 0 Å². The van der Waals surface area contributed by atoms with E-state index in [1.165, 1.54) is 9.59 Å². The zero-order valence-electron chi connectivity index (χ0n) is 10.9. The van der Waals surface area contributed by atoms with Crippen LogP contribution in [0.5, 0.6) is 0 Å². The van der Waals surface area contributed by atoms with Gasteiger partial charge in [0.2, 0.25) is 0 Å². The van der Waals surface area contributed by atoms with Crippen LogP contribution in [0.2, 0.25) is 0 Å². The van der Waals surface area contributed by atoms with Gasteiger partial charge in [-0.25, -0.2) is 4.68 Å². The lowest BCUT2D eigenvalue weighted by Gasteiger charge is -1.99. The predicted octanol–water partition coefficient (Wildman–Crippen LogP) is 3.61. The minimum absolute atomic E-state index is 0.111. The van der Waals surface area contributed by atoms with Crippen molar-refractivity contribution in [3.8, 4) is 0 Å². The summed E-state index contributed by atoms with van der Waals surface area (Å²) in [5.74, 6) is 1.04.